The highest BCUT2D eigenvalue weighted by Gasteiger charge is 2.18. The Morgan fingerprint density at radius 2 is 1.91 bits per heavy atom. The van der Waals surface area contributed by atoms with Gasteiger partial charge in [-0.25, -0.2) is 0 Å². The van der Waals surface area contributed by atoms with Gasteiger partial charge in [0.1, 0.15) is 0 Å². The van der Waals surface area contributed by atoms with Crippen LogP contribution < -0.4 is 0 Å². The van der Waals surface area contributed by atoms with Gasteiger partial charge in [0.15, 0.2) is 0 Å². The fraction of sp³-hybridized carbons (Fsp3) is 0.400. The van der Waals surface area contributed by atoms with Gasteiger partial charge in [0.05, 0.1) is 0 Å². The Morgan fingerprint density at radius 1 is 1.45 bits per heavy atom. The van der Waals surface area contributed by atoms with Crippen molar-refractivity contribution in [2.24, 2.45) is 5.10 Å². The lowest BCUT2D eigenvalue weighted by Crippen LogP contribution is -2.33. The zero-order valence-corrected chi connectivity index (χ0v) is 7.37. The van der Waals surface area contributed by atoms with E-state index < -0.39 is 10.2 Å². The summed E-state index contributed by atoms with van der Waals surface area (Å²) in [6.45, 7) is 6.35. The summed E-state index contributed by atoms with van der Waals surface area (Å²) < 4.78 is 24.0. The molecule has 11 heavy (non-hydrogen) atoms. The molecule has 0 N–H and O–H groups in total. The van der Waals surface area contributed by atoms with Crippen LogP contribution in [0.3, 0.4) is 0 Å². The van der Waals surface area contributed by atoms with E-state index >= 15 is 0 Å². The van der Waals surface area contributed by atoms with E-state index in [1.54, 1.807) is 0 Å². The molecule has 0 aliphatic heterocycles. The SMILES string of the molecule is C=CN(N=C)S(=O)(=O)N(C)C. The van der Waals surface area contributed by atoms with Gasteiger partial charge < -0.3 is 0 Å². The molecule has 0 unspecified atom stereocenters. The smallest absolute Gasteiger partial charge is 0.189 e. The first-order valence-corrected chi connectivity index (χ1v) is 4.17. The predicted octanol–water partition coefficient (Wildman–Crippen LogP) is -0.146. The highest BCUT2D eigenvalue weighted by Crippen LogP contribution is 2.03. The van der Waals surface area contributed by atoms with Crippen LogP contribution in [0.5, 0.6) is 0 Å². The largest absolute Gasteiger partial charge is 0.322 e. The minimum absolute atomic E-state index is 0.688. The van der Waals surface area contributed by atoms with Crippen molar-refractivity contribution >= 4 is 16.9 Å². The average Bonchev–Trinajstić information content (AvgIpc) is 1.89. The molecule has 6 heteroatoms. The minimum Gasteiger partial charge on any atom is -0.189 e. The molecule has 5 nitrogen and oxygen atoms in total. The Labute approximate surface area is 66.8 Å². The molecule has 0 aliphatic rings. The van der Waals surface area contributed by atoms with Crippen molar-refractivity contribution in [3.8, 4) is 0 Å². The van der Waals surface area contributed by atoms with Crippen molar-refractivity contribution in [2.75, 3.05) is 14.1 Å². The van der Waals surface area contributed by atoms with Gasteiger partial charge in [0.25, 0.3) is 0 Å². The molecule has 0 aliphatic carbocycles. The Morgan fingerprint density at radius 3 is 2.00 bits per heavy atom. The molecule has 0 heterocycles. The summed E-state index contributed by atoms with van der Waals surface area (Å²) >= 11 is 0. The summed E-state index contributed by atoms with van der Waals surface area (Å²) in [5, 5.41) is 3.24. The second kappa shape index (κ2) is 3.49. The van der Waals surface area contributed by atoms with Crippen molar-refractivity contribution in [1.82, 2.24) is 8.72 Å². The molecular formula is C5H11N3O2S. The molecule has 0 bridgehead atoms. The lowest BCUT2D eigenvalue weighted by Gasteiger charge is -2.17. The number of hydrogen-bond donors (Lipinski definition) is 0. The molecule has 0 radical (unpaired) electrons. The minimum atomic E-state index is -3.52. The Bertz CT molecular complexity index is 236. The molecule has 64 valence electrons. The topological polar surface area (TPSA) is 53.0 Å². The van der Waals surface area contributed by atoms with E-state index in [4.69, 9.17) is 0 Å². The zero-order valence-electron chi connectivity index (χ0n) is 6.56. The van der Waals surface area contributed by atoms with E-state index in [1.807, 2.05) is 0 Å². The highest BCUT2D eigenvalue weighted by molar-refractivity contribution is 7.86. The van der Waals surface area contributed by atoms with Crippen LogP contribution in [0, 0.1) is 0 Å². The second-order valence-electron chi connectivity index (χ2n) is 1.89. The van der Waals surface area contributed by atoms with Gasteiger partial charge in [-0.15, -0.1) is 0 Å². The third kappa shape index (κ3) is 2.02. The fourth-order valence-electron chi connectivity index (χ4n) is 0.392. The fourth-order valence-corrected chi connectivity index (χ4v) is 1.06. The van der Waals surface area contributed by atoms with Crippen LogP contribution in [-0.4, -0.2) is 38.0 Å². The summed E-state index contributed by atoms with van der Waals surface area (Å²) in [5.74, 6) is 0. The Kier molecular flexibility index (Phi) is 3.21. The number of rotatable bonds is 4. The van der Waals surface area contributed by atoms with Crippen LogP contribution in [0.25, 0.3) is 0 Å². The highest BCUT2D eigenvalue weighted by atomic mass is 32.2. The average molecular weight is 177 g/mol. The van der Waals surface area contributed by atoms with Gasteiger partial charge in [-0.3, -0.25) is 0 Å². The molecule has 0 fully saturated rings. The molecule has 0 aromatic carbocycles. The summed E-state index contributed by atoms with van der Waals surface area (Å²) in [4.78, 5) is 0. The quantitative estimate of drug-likeness (QED) is 0.443. The van der Waals surface area contributed by atoms with Crippen LogP contribution in [0.1, 0.15) is 0 Å². The van der Waals surface area contributed by atoms with Crippen LogP contribution in [0.15, 0.2) is 17.9 Å². The molecule has 0 saturated carbocycles. The van der Waals surface area contributed by atoms with Gasteiger partial charge in [-0.05, 0) is 0 Å². The summed E-state index contributed by atoms with van der Waals surface area (Å²) in [6.07, 6.45) is 1.07. The van der Waals surface area contributed by atoms with E-state index in [2.05, 4.69) is 18.4 Å². The summed E-state index contributed by atoms with van der Waals surface area (Å²) in [7, 11) is -0.720. The molecule has 0 aromatic rings. The van der Waals surface area contributed by atoms with Crippen LogP contribution in [0.2, 0.25) is 0 Å². The first-order valence-electron chi connectivity index (χ1n) is 2.78. The first-order chi connectivity index (χ1) is 4.96. The van der Waals surface area contributed by atoms with Gasteiger partial charge in [-0.1, -0.05) is 6.58 Å². The van der Waals surface area contributed by atoms with Gasteiger partial charge in [-0.2, -0.15) is 22.2 Å². The van der Waals surface area contributed by atoms with E-state index in [0.29, 0.717) is 4.41 Å². The maximum Gasteiger partial charge on any atom is 0.322 e. The van der Waals surface area contributed by atoms with Crippen LogP contribution in [0.4, 0.5) is 0 Å². The summed E-state index contributed by atoms with van der Waals surface area (Å²) in [5.41, 5.74) is 0. The third-order valence-corrected chi connectivity index (χ3v) is 2.65. The molecule has 0 spiro atoms. The molecule has 0 rings (SSSR count). The predicted molar refractivity (Wildman–Crippen MR) is 44.2 cm³/mol. The third-order valence-electron chi connectivity index (χ3n) is 0.993. The van der Waals surface area contributed by atoms with Gasteiger partial charge in [0, 0.05) is 27.0 Å². The lowest BCUT2D eigenvalue weighted by atomic mass is 11.1. The van der Waals surface area contributed by atoms with E-state index in [9.17, 15) is 8.42 Å². The van der Waals surface area contributed by atoms with Crippen molar-refractivity contribution in [3.63, 3.8) is 0 Å². The Balaban J connectivity index is 4.81. The standard InChI is InChI=1S/C5H11N3O2S/c1-5-8(6-2)11(9,10)7(3)4/h5H,1-2H2,3-4H3. The monoisotopic (exact) mass is 177 g/mol. The van der Waals surface area contributed by atoms with E-state index in [0.717, 1.165) is 10.5 Å². The van der Waals surface area contributed by atoms with E-state index in [-0.39, 0.29) is 0 Å². The maximum atomic E-state index is 11.1. The Hall–Kier alpha value is -0.880. The zero-order chi connectivity index (χ0) is 9.07. The maximum absolute atomic E-state index is 11.1. The second-order valence-corrected chi connectivity index (χ2v) is 3.89. The van der Waals surface area contributed by atoms with Crippen molar-refractivity contribution in [2.45, 2.75) is 0 Å². The number of hydrazone groups is 1. The first kappa shape index (κ1) is 10.1. The number of hydrogen-bond acceptors (Lipinski definition) is 3. The van der Waals surface area contributed by atoms with Crippen LogP contribution in [-0.2, 0) is 10.2 Å². The van der Waals surface area contributed by atoms with Crippen molar-refractivity contribution in [1.29, 1.82) is 0 Å². The molecule has 0 atom stereocenters. The van der Waals surface area contributed by atoms with E-state index in [1.165, 1.54) is 14.1 Å². The van der Waals surface area contributed by atoms with Gasteiger partial charge >= 0.3 is 10.2 Å². The molecule has 0 aromatic heterocycles. The van der Waals surface area contributed by atoms with Crippen LogP contribution >= 0.6 is 0 Å². The molecular weight excluding hydrogens is 166 g/mol. The van der Waals surface area contributed by atoms with Crippen molar-refractivity contribution < 1.29 is 8.42 Å². The summed E-state index contributed by atoms with van der Waals surface area (Å²) in [6, 6.07) is 0. The number of nitrogens with zero attached hydrogens (tertiary/aromatic N) is 3. The van der Waals surface area contributed by atoms with Gasteiger partial charge in [0.2, 0.25) is 0 Å². The lowest BCUT2D eigenvalue weighted by molar-refractivity contribution is 0.450. The molecule has 0 amide bonds. The molecule has 0 saturated heterocycles. The normalized spacial score (nSPS) is 11.2. The van der Waals surface area contributed by atoms with Crippen molar-refractivity contribution in [3.05, 3.63) is 12.8 Å².